The summed E-state index contributed by atoms with van der Waals surface area (Å²) in [6.45, 7) is 0. The molecular weight excluding hydrogens is 231 g/mol. The number of hydrogen-bond acceptors (Lipinski definition) is 4. The first-order chi connectivity index (χ1) is 7.36. The number of halogens is 3. The van der Waals surface area contributed by atoms with Crippen LogP contribution in [0.15, 0.2) is 6.20 Å². The maximum Gasteiger partial charge on any atom is 0.312 e. The first kappa shape index (κ1) is 11.9. The van der Waals surface area contributed by atoms with Crippen molar-refractivity contribution >= 4 is 11.6 Å². The van der Waals surface area contributed by atoms with E-state index in [4.69, 9.17) is 5.73 Å². The Labute approximate surface area is 86.0 Å². The smallest absolute Gasteiger partial charge is 0.312 e. The zero-order valence-electron chi connectivity index (χ0n) is 7.49. The highest BCUT2D eigenvalue weighted by molar-refractivity contribution is 5.95. The zero-order chi connectivity index (χ0) is 12.5. The summed E-state index contributed by atoms with van der Waals surface area (Å²) in [6, 6.07) is 0. The van der Waals surface area contributed by atoms with Gasteiger partial charge in [0.2, 0.25) is 5.69 Å². The fourth-order valence-electron chi connectivity index (χ4n) is 1.07. The Balaban J connectivity index is 3.63. The van der Waals surface area contributed by atoms with Gasteiger partial charge in [-0.1, -0.05) is 0 Å². The van der Waals surface area contributed by atoms with E-state index in [2.05, 4.69) is 4.98 Å². The van der Waals surface area contributed by atoms with Gasteiger partial charge in [-0.25, -0.2) is 18.2 Å². The molecular formula is C7H4F3N3O3. The van der Waals surface area contributed by atoms with Gasteiger partial charge in [-0.2, -0.15) is 0 Å². The van der Waals surface area contributed by atoms with Gasteiger partial charge in [0.1, 0.15) is 5.56 Å². The van der Waals surface area contributed by atoms with E-state index in [0.717, 1.165) is 0 Å². The van der Waals surface area contributed by atoms with E-state index in [9.17, 15) is 28.1 Å². The van der Waals surface area contributed by atoms with Crippen molar-refractivity contribution in [3.05, 3.63) is 33.4 Å². The van der Waals surface area contributed by atoms with E-state index in [0.29, 0.717) is 0 Å². The molecule has 6 nitrogen and oxygen atoms in total. The van der Waals surface area contributed by atoms with Gasteiger partial charge in [0.15, 0.2) is 5.82 Å². The van der Waals surface area contributed by atoms with Gasteiger partial charge in [0, 0.05) is 0 Å². The van der Waals surface area contributed by atoms with Crippen LogP contribution in [0.5, 0.6) is 0 Å². The molecule has 0 fully saturated rings. The predicted octanol–water partition coefficient (Wildman–Crippen LogP) is 1.17. The Morgan fingerprint density at radius 1 is 1.56 bits per heavy atom. The van der Waals surface area contributed by atoms with Gasteiger partial charge >= 0.3 is 5.69 Å². The second-order valence-corrected chi connectivity index (χ2v) is 2.64. The Bertz CT molecular complexity index is 464. The molecule has 0 aliphatic carbocycles. The Hall–Kier alpha value is -2.19. The normalized spacial score (nSPS) is 10.5. The SMILES string of the molecule is NC(=O)c1ncc(F)c(C(F)F)c1[N+](=O)[O-]. The first-order valence-electron chi connectivity index (χ1n) is 3.77. The number of nitrogens with two attached hydrogens (primary N) is 1. The monoisotopic (exact) mass is 235 g/mol. The molecule has 86 valence electrons. The average molecular weight is 235 g/mol. The summed E-state index contributed by atoms with van der Waals surface area (Å²) < 4.78 is 37.6. The van der Waals surface area contributed by atoms with Gasteiger partial charge in [0.25, 0.3) is 12.3 Å². The van der Waals surface area contributed by atoms with Crippen LogP contribution in [0.4, 0.5) is 18.9 Å². The number of rotatable bonds is 3. The van der Waals surface area contributed by atoms with Crippen LogP contribution in [0.3, 0.4) is 0 Å². The highest BCUT2D eigenvalue weighted by atomic mass is 19.3. The summed E-state index contributed by atoms with van der Waals surface area (Å²) in [5.74, 6) is -2.94. The Morgan fingerprint density at radius 2 is 2.12 bits per heavy atom. The number of carbonyl (C=O) groups is 1. The number of carbonyl (C=O) groups excluding carboxylic acids is 1. The molecule has 1 heterocycles. The average Bonchev–Trinajstić information content (AvgIpc) is 2.15. The number of nitrogens with zero attached hydrogens (tertiary/aromatic N) is 2. The highest BCUT2D eigenvalue weighted by Crippen LogP contribution is 2.32. The van der Waals surface area contributed by atoms with Crippen LogP contribution in [-0.4, -0.2) is 15.8 Å². The van der Waals surface area contributed by atoms with Gasteiger partial charge in [-0.15, -0.1) is 0 Å². The minimum Gasteiger partial charge on any atom is -0.364 e. The summed E-state index contributed by atoms with van der Waals surface area (Å²) in [5.41, 5.74) is 0.808. The summed E-state index contributed by atoms with van der Waals surface area (Å²) in [7, 11) is 0. The van der Waals surface area contributed by atoms with Crippen molar-refractivity contribution in [3.63, 3.8) is 0 Å². The van der Waals surface area contributed by atoms with Crippen LogP contribution >= 0.6 is 0 Å². The molecule has 0 radical (unpaired) electrons. The summed E-state index contributed by atoms with van der Waals surface area (Å²) in [5, 5.41) is 10.5. The van der Waals surface area contributed by atoms with Crippen LogP contribution in [0, 0.1) is 15.9 Å². The van der Waals surface area contributed by atoms with Crippen molar-refractivity contribution in [1.29, 1.82) is 0 Å². The summed E-state index contributed by atoms with van der Waals surface area (Å²) in [4.78, 5) is 22.9. The third kappa shape index (κ3) is 1.92. The number of nitro groups is 1. The Morgan fingerprint density at radius 3 is 2.50 bits per heavy atom. The minimum atomic E-state index is -3.44. The lowest BCUT2D eigenvalue weighted by Gasteiger charge is -2.05. The van der Waals surface area contributed by atoms with E-state index in [-0.39, 0.29) is 6.20 Å². The third-order valence-electron chi connectivity index (χ3n) is 1.68. The lowest BCUT2D eigenvalue weighted by molar-refractivity contribution is -0.387. The van der Waals surface area contributed by atoms with Crippen LogP contribution in [0.2, 0.25) is 0 Å². The van der Waals surface area contributed by atoms with Crippen LogP contribution < -0.4 is 5.73 Å². The van der Waals surface area contributed by atoms with E-state index >= 15 is 0 Å². The van der Waals surface area contributed by atoms with E-state index < -0.39 is 40.0 Å². The van der Waals surface area contributed by atoms with Gasteiger partial charge in [-0.3, -0.25) is 14.9 Å². The van der Waals surface area contributed by atoms with Crippen molar-refractivity contribution in [2.45, 2.75) is 6.43 Å². The highest BCUT2D eigenvalue weighted by Gasteiger charge is 2.32. The number of pyridine rings is 1. The zero-order valence-corrected chi connectivity index (χ0v) is 7.49. The molecule has 0 spiro atoms. The lowest BCUT2D eigenvalue weighted by atomic mass is 10.1. The number of aromatic nitrogens is 1. The molecule has 0 saturated carbocycles. The molecule has 0 atom stereocenters. The molecule has 1 amide bonds. The van der Waals surface area contributed by atoms with Crippen LogP contribution in [0.1, 0.15) is 22.5 Å². The molecule has 1 aromatic heterocycles. The molecule has 9 heteroatoms. The molecule has 0 aliphatic heterocycles. The van der Waals surface area contributed by atoms with Crippen molar-refractivity contribution in [2.75, 3.05) is 0 Å². The predicted molar refractivity (Wildman–Crippen MR) is 44.3 cm³/mol. The summed E-state index contributed by atoms with van der Waals surface area (Å²) in [6.07, 6.45) is -3.16. The number of amides is 1. The number of alkyl halides is 2. The van der Waals surface area contributed by atoms with Crippen LogP contribution in [0.25, 0.3) is 0 Å². The van der Waals surface area contributed by atoms with Crippen molar-refractivity contribution < 1.29 is 22.9 Å². The molecule has 0 unspecified atom stereocenters. The van der Waals surface area contributed by atoms with Crippen molar-refractivity contribution in [2.24, 2.45) is 5.73 Å². The quantitative estimate of drug-likeness (QED) is 0.627. The van der Waals surface area contributed by atoms with E-state index in [1.165, 1.54) is 0 Å². The fourth-order valence-corrected chi connectivity index (χ4v) is 1.07. The van der Waals surface area contributed by atoms with Crippen molar-refractivity contribution in [3.8, 4) is 0 Å². The summed E-state index contributed by atoms with van der Waals surface area (Å²) >= 11 is 0. The van der Waals surface area contributed by atoms with Gasteiger partial charge < -0.3 is 5.73 Å². The lowest BCUT2D eigenvalue weighted by Crippen LogP contribution is -2.17. The minimum absolute atomic E-state index is 0.286. The number of primary amides is 1. The Kier molecular flexibility index (Phi) is 3.06. The van der Waals surface area contributed by atoms with E-state index in [1.807, 2.05) is 0 Å². The first-order valence-corrected chi connectivity index (χ1v) is 3.77. The maximum absolute atomic E-state index is 12.9. The van der Waals surface area contributed by atoms with Gasteiger partial charge in [-0.05, 0) is 0 Å². The third-order valence-corrected chi connectivity index (χ3v) is 1.68. The second-order valence-electron chi connectivity index (χ2n) is 2.64. The maximum atomic E-state index is 12.9. The molecule has 0 aromatic carbocycles. The fraction of sp³-hybridized carbons (Fsp3) is 0.143. The number of hydrogen-bond donors (Lipinski definition) is 1. The molecule has 16 heavy (non-hydrogen) atoms. The molecule has 0 bridgehead atoms. The molecule has 1 rings (SSSR count). The molecule has 1 aromatic rings. The van der Waals surface area contributed by atoms with E-state index in [1.54, 1.807) is 0 Å². The molecule has 0 aliphatic rings. The van der Waals surface area contributed by atoms with Crippen LogP contribution in [-0.2, 0) is 0 Å². The largest absolute Gasteiger partial charge is 0.364 e. The van der Waals surface area contributed by atoms with Gasteiger partial charge in [0.05, 0.1) is 11.1 Å². The topological polar surface area (TPSA) is 99.1 Å². The van der Waals surface area contributed by atoms with Crippen molar-refractivity contribution in [1.82, 2.24) is 4.98 Å². The molecule has 2 N–H and O–H groups in total. The standard InChI is InChI=1S/C7H4F3N3O3/c8-2-1-12-4(7(11)14)5(13(15)16)3(2)6(9)10/h1,6H,(H2,11,14). The molecule has 0 saturated heterocycles. The second kappa shape index (κ2) is 4.13.